The Morgan fingerprint density at radius 3 is 2.80 bits per heavy atom. The summed E-state index contributed by atoms with van der Waals surface area (Å²) in [7, 11) is 3.80. The molecular weight excluding hydrogens is 314 g/mol. The summed E-state index contributed by atoms with van der Waals surface area (Å²) in [5.41, 5.74) is 3.24. The van der Waals surface area contributed by atoms with Crippen LogP contribution in [0, 0.1) is 0 Å². The first-order valence-corrected chi connectivity index (χ1v) is 8.54. The topological polar surface area (TPSA) is 73.9 Å². The molecule has 1 saturated carbocycles. The summed E-state index contributed by atoms with van der Waals surface area (Å²) in [5, 5.41) is 2.95. The predicted octanol–water partition coefficient (Wildman–Crippen LogP) is 3.54. The Bertz CT molecular complexity index is 926. The van der Waals surface area contributed by atoms with Gasteiger partial charge in [-0.25, -0.2) is 9.97 Å². The van der Waals surface area contributed by atoms with Gasteiger partial charge in [0, 0.05) is 37.5 Å². The number of nitrogens with one attached hydrogen (secondary N) is 2. The molecule has 2 aromatic heterocycles. The van der Waals surface area contributed by atoms with E-state index in [-0.39, 0.29) is 5.91 Å². The van der Waals surface area contributed by atoms with Gasteiger partial charge >= 0.3 is 0 Å². The zero-order valence-electron chi connectivity index (χ0n) is 14.4. The van der Waals surface area contributed by atoms with E-state index in [2.05, 4.69) is 20.3 Å². The molecule has 4 rings (SSSR count). The first kappa shape index (κ1) is 15.6. The molecule has 0 aliphatic heterocycles. The van der Waals surface area contributed by atoms with Gasteiger partial charge in [-0.15, -0.1) is 0 Å². The molecule has 0 saturated heterocycles. The summed E-state index contributed by atoms with van der Waals surface area (Å²) >= 11 is 0. The van der Waals surface area contributed by atoms with Crippen molar-refractivity contribution in [2.75, 3.05) is 24.3 Å². The van der Waals surface area contributed by atoms with Crippen molar-refractivity contribution < 1.29 is 4.79 Å². The van der Waals surface area contributed by atoms with Crippen LogP contribution >= 0.6 is 0 Å². The number of hydrogen-bond acceptors (Lipinski definition) is 4. The number of carbonyl (C=O) groups is 1. The lowest BCUT2D eigenvalue weighted by atomic mass is 9.85. The fourth-order valence-corrected chi connectivity index (χ4v) is 2.99. The number of rotatable bonds is 4. The van der Waals surface area contributed by atoms with Gasteiger partial charge in [-0.05, 0) is 43.2 Å². The maximum Gasteiger partial charge on any atom is 0.255 e. The number of anilines is 2. The molecule has 0 unspecified atom stereocenters. The minimum absolute atomic E-state index is 0.149. The predicted molar refractivity (Wildman–Crippen MR) is 99.2 cm³/mol. The van der Waals surface area contributed by atoms with E-state index in [9.17, 15) is 4.79 Å². The van der Waals surface area contributed by atoms with Gasteiger partial charge in [0.2, 0.25) is 0 Å². The van der Waals surface area contributed by atoms with Gasteiger partial charge in [0.25, 0.3) is 5.91 Å². The van der Waals surface area contributed by atoms with E-state index < -0.39 is 0 Å². The van der Waals surface area contributed by atoms with E-state index in [4.69, 9.17) is 0 Å². The first-order chi connectivity index (χ1) is 12.1. The second kappa shape index (κ2) is 6.20. The standard InChI is InChI=1S/C19H21N5O/c1-24(2)17-10-13(8-9-20-17)19(25)21-14-6-7-15-16(11-14)23-18(22-15)12-4-3-5-12/h6-12H,3-5H2,1-2H3,(H,21,25)(H,22,23). The van der Waals surface area contributed by atoms with Crippen molar-refractivity contribution in [3.05, 3.63) is 47.9 Å². The van der Waals surface area contributed by atoms with Crippen molar-refractivity contribution in [1.29, 1.82) is 0 Å². The molecule has 0 radical (unpaired) electrons. The molecule has 128 valence electrons. The Morgan fingerprint density at radius 1 is 1.24 bits per heavy atom. The maximum absolute atomic E-state index is 12.5. The van der Waals surface area contributed by atoms with Crippen LogP contribution in [0.25, 0.3) is 11.0 Å². The van der Waals surface area contributed by atoms with Crippen molar-refractivity contribution in [3.63, 3.8) is 0 Å². The van der Waals surface area contributed by atoms with E-state index in [0.717, 1.165) is 28.4 Å². The number of fused-ring (bicyclic) bond motifs is 1. The number of aromatic amines is 1. The summed E-state index contributed by atoms with van der Waals surface area (Å²) in [4.78, 5) is 26.7. The quantitative estimate of drug-likeness (QED) is 0.765. The zero-order chi connectivity index (χ0) is 17.4. The molecule has 1 aliphatic rings. The summed E-state index contributed by atoms with van der Waals surface area (Å²) in [6.45, 7) is 0. The Balaban J connectivity index is 1.55. The highest BCUT2D eigenvalue weighted by Gasteiger charge is 2.22. The van der Waals surface area contributed by atoms with E-state index in [1.54, 1.807) is 18.3 Å². The fraction of sp³-hybridized carbons (Fsp3) is 0.316. The first-order valence-electron chi connectivity index (χ1n) is 8.54. The maximum atomic E-state index is 12.5. The van der Waals surface area contributed by atoms with Crippen molar-refractivity contribution in [2.45, 2.75) is 25.2 Å². The molecule has 25 heavy (non-hydrogen) atoms. The summed E-state index contributed by atoms with van der Waals surface area (Å²) in [5.74, 6) is 2.23. The van der Waals surface area contributed by atoms with Crippen molar-refractivity contribution >= 4 is 28.4 Å². The lowest BCUT2D eigenvalue weighted by Gasteiger charge is -2.22. The number of nitrogens with zero attached hydrogens (tertiary/aromatic N) is 3. The molecule has 0 bridgehead atoms. The second-order valence-electron chi connectivity index (χ2n) is 6.73. The molecule has 1 aliphatic carbocycles. The molecule has 1 fully saturated rings. The molecule has 2 N–H and O–H groups in total. The number of hydrogen-bond donors (Lipinski definition) is 2. The number of H-pyrrole nitrogens is 1. The third-order valence-electron chi connectivity index (χ3n) is 4.72. The minimum Gasteiger partial charge on any atom is -0.363 e. The summed E-state index contributed by atoms with van der Waals surface area (Å²) in [6, 6.07) is 9.27. The summed E-state index contributed by atoms with van der Waals surface area (Å²) in [6.07, 6.45) is 5.34. The molecule has 0 spiro atoms. The molecule has 3 aromatic rings. The Labute approximate surface area is 146 Å². The minimum atomic E-state index is -0.149. The number of pyridine rings is 1. The van der Waals surface area contributed by atoms with Crippen molar-refractivity contribution in [2.24, 2.45) is 0 Å². The largest absolute Gasteiger partial charge is 0.363 e. The van der Waals surface area contributed by atoms with E-state index in [1.807, 2.05) is 37.2 Å². The normalized spacial score (nSPS) is 14.3. The second-order valence-corrected chi connectivity index (χ2v) is 6.73. The summed E-state index contributed by atoms with van der Waals surface area (Å²) < 4.78 is 0. The Morgan fingerprint density at radius 2 is 2.08 bits per heavy atom. The van der Waals surface area contributed by atoms with Gasteiger partial charge in [0.05, 0.1) is 11.0 Å². The molecule has 2 heterocycles. The van der Waals surface area contributed by atoms with Gasteiger partial charge in [-0.1, -0.05) is 6.42 Å². The molecule has 1 aromatic carbocycles. The number of aromatic nitrogens is 3. The Hall–Kier alpha value is -2.89. The highest BCUT2D eigenvalue weighted by molar-refractivity contribution is 6.05. The average Bonchev–Trinajstić information content (AvgIpc) is 2.95. The van der Waals surface area contributed by atoms with E-state index in [0.29, 0.717) is 11.5 Å². The van der Waals surface area contributed by atoms with Crippen LogP contribution in [0.4, 0.5) is 11.5 Å². The van der Waals surface area contributed by atoms with Crippen molar-refractivity contribution in [3.8, 4) is 0 Å². The highest BCUT2D eigenvalue weighted by Crippen LogP contribution is 2.35. The number of amides is 1. The van der Waals surface area contributed by atoms with Gasteiger partial charge < -0.3 is 15.2 Å². The van der Waals surface area contributed by atoms with Crippen LogP contribution in [0.15, 0.2) is 36.5 Å². The lowest BCUT2D eigenvalue weighted by molar-refractivity contribution is 0.102. The number of benzene rings is 1. The number of carbonyl (C=O) groups excluding carboxylic acids is 1. The van der Waals surface area contributed by atoms with Crippen LogP contribution < -0.4 is 10.2 Å². The van der Waals surface area contributed by atoms with Crippen LogP contribution in [0.2, 0.25) is 0 Å². The van der Waals surface area contributed by atoms with E-state index >= 15 is 0 Å². The SMILES string of the molecule is CN(C)c1cc(C(=O)Nc2ccc3nc(C4CCC4)[nH]c3c2)ccn1. The van der Waals surface area contributed by atoms with Crippen LogP contribution in [0.3, 0.4) is 0 Å². The van der Waals surface area contributed by atoms with Crippen LogP contribution in [0.5, 0.6) is 0 Å². The van der Waals surface area contributed by atoms with Crippen LogP contribution in [0.1, 0.15) is 41.4 Å². The molecular formula is C19H21N5O. The molecule has 6 nitrogen and oxygen atoms in total. The van der Waals surface area contributed by atoms with Gasteiger partial charge in [0.15, 0.2) is 0 Å². The third-order valence-corrected chi connectivity index (χ3v) is 4.72. The smallest absolute Gasteiger partial charge is 0.255 e. The van der Waals surface area contributed by atoms with E-state index in [1.165, 1.54) is 19.3 Å². The highest BCUT2D eigenvalue weighted by atomic mass is 16.1. The van der Waals surface area contributed by atoms with Crippen LogP contribution in [-0.2, 0) is 0 Å². The Kier molecular flexibility index (Phi) is 3.87. The van der Waals surface area contributed by atoms with Gasteiger partial charge in [0.1, 0.15) is 11.6 Å². The molecule has 6 heteroatoms. The number of imidazole rings is 1. The van der Waals surface area contributed by atoms with Crippen LogP contribution in [-0.4, -0.2) is 35.0 Å². The average molecular weight is 335 g/mol. The molecule has 1 amide bonds. The van der Waals surface area contributed by atoms with Gasteiger partial charge in [-0.2, -0.15) is 0 Å². The third kappa shape index (κ3) is 3.07. The monoisotopic (exact) mass is 335 g/mol. The van der Waals surface area contributed by atoms with Crippen molar-refractivity contribution in [1.82, 2.24) is 15.0 Å². The lowest BCUT2D eigenvalue weighted by Crippen LogP contribution is -2.15. The zero-order valence-corrected chi connectivity index (χ0v) is 14.4. The van der Waals surface area contributed by atoms with Gasteiger partial charge in [-0.3, -0.25) is 4.79 Å². The fourth-order valence-electron chi connectivity index (χ4n) is 2.99. The molecule has 0 atom stereocenters.